The molecule has 1 aliphatic heterocycles. The molecule has 1 saturated heterocycles. The second kappa shape index (κ2) is 5.79. The van der Waals surface area contributed by atoms with Gasteiger partial charge in [0.05, 0.1) is 10.8 Å². The number of nitro groups is 1. The van der Waals surface area contributed by atoms with Crippen molar-refractivity contribution in [1.29, 1.82) is 0 Å². The number of nitrogens with zero attached hydrogens (tertiary/aromatic N) is 1. The number of carbonyl (C=O) groups is 1. The van der Waals surface area contributed by atoms with Gasteiger partial charge in [0.15, 0.2) is 0 Å². The van der Waals surface area contributed by atoms with Gasteiger partial charge in [-0.2, -0.15) is 0 Å². The molecule has 102 valence electrons. The fourth-order valence-electron chi connectivity index (χ4n) is 2.22. The van der Waals surface area contributed by atoms with Crippen LogP contribution in [0.3, 0.4) is 0 Å². The van der Waals surface area contributed by atoms with Crippen molar-refractivity contribution < 1.29 is 9.72 Å². The van der Waals surface area contributed by atoms with Crippen molar-refractivity contribution in [3.8, 4) is 0 Å². The highest BCUT2D eigenvalue weighted by Gasteiger charge is 2.29. The van der Waals surface area contributed by atoms with Gasteiger partial charge in [0.25, 0.3) is 5.69 Å². The molecule has 1 amide bonds. The molecule has 2 atom stereocenters. The second-order valence-corrected chi connectivity index (χ2v) is 4.88. The van der Waals surface area contributed by atoms with Crippen LogP contribution >= 0.6 is 0 Å². The number of nitrogens with one attached hydrogen (secondary N) is 2. The lowest BCUT2D eigenvalue weighted by molar-refractivity contribution is -0.384. The summed E-state index contributed by atoms with van der Waals surface area (Å²) in [5.74, 6) is 0.394. The lowest BCUT2D eigenvalue weighted by Crippen LogP contribution is -2.33. The van der Waals surface area contributed by atoms with Crippen LogP contribution in [0.25, 0.3) is 0 Å². The first-order chi connectivity index (χ1) is 9.08. The molecule has 6 heteroatoms. The fourth-order valence-corrected chi connectivity index (χ4v) is 2.22. The van der Waals surface area contributed by atoms with Crippen molar-refractivity contribution in [2.24, 2.45) is 11.8 Å². The lowest BCUT2D eigenvalue weighted by atomic mass is 9.97. The van der Waals surface area contributed by atoms with Gasteiger partial charge in [-0.3, -0.25) is 14.9 Å². The zero-order valence-corrected chi connectivity index (χ0v) is 10.8. The van der Waals surface area contributed by atoms with Crippen LogP contribution in [0.4, 0.5) is 5.69 Å². The van der Waals surface area contributed by atoms with Crippen LogP contribution in [-0.2, 0) is 11.3 Å². The van der Waals surface area contributed by atoms with Crippen LogP contribution < -0.4 is 10.6 Å². The summed E-state index contributed by atoms with van der Waals surface area (Å²) >= 11 is 0. The number of benzene rings is 1. The van der Waals surface area contributed by atoms with Crippen molar-refractivity contribution in [1.82, 2.24) is 10.6 Å². The third-order valence-electron chi connectivity index (χ3n) is 3.47. The first kappa shape index (κ1) is 13.5. The summed E-state index contributed by atoms with van der Waals surface area (Å²) in [6.45, 7) is 4.04. The van der Waals surface area contributed by atoms with Crippen LogP contribution in [0.5, 0.6) is 0 Å². The van der Waals surface area contributed by atoms with Crippen molar-refractivity contribution in [3.63, 3.8) is 0 Å². The molecule has 1 aromatic carbocycles. The number of hydrogen-bond donors (Lipinski definition) is 2. The van der Waals surface area contributed by atoms with Crippen molar-refractivity contribution >= 4 is 11.6 Å². The largest absolute Gasteiger partial charge is 0.352 e. The molecule has 2 unspecified atom stereocenters. The van der Waals surface area contributed by atoms with E-state index in [-0.39, 0.29) is 17.5 Å². The maximum atomic E-state index is 11.9. The Balaban J connectivity index is 1.88. The van der Waals surface area contributed by atoms with Gasteiger partial charge >= 0.3 is 0 Å². The average Bonchev–Trinajstić information content (AvgIpc) is 2.83. The molecule has 0 spiro atoms. The van der Waals surface area contributed by atoms with E-state index in [1.165, 1.54) is 12.1 Å². The summed E-state index contributed by atoms with van der Waals surface area (Å²) in [6, 6.07) is 6.21. The Hall–Kier alpha value is -1.95. The summed E-state index contributed by atoms with van der Waals surface area (Å²) in [7, 11) is 0. The second-order valence-electron chi connectivity index (χ2n) is 4.88. The van der Waals surface area contributed by atoms with Crippen LogP contribution in [-0.4, -0.2) is 23.9 Å². The lowest BCUT2D eigenvalue weighted by Gasteiger charge is -2.14. The average molecular weight is 263 g/mol. The number of amides is 1. The van der Waals surface area contributed by atoms with E-state index in [4.69, 9.17) is 0 Å². The highest BCUT2D eigenvalue weighted by atomic mass is 16.6. The normalized spacial score (nSPS) is 22.2. The number of non-ortho nitro benzene ring substituents is 1. The summed E-state index contributed by atoms with van der Waals surface area (Å²) in [4.78, 5) is 22.0. The van der Waals surface area contributed by atoms with Gasteiger partial charge in [0.2, 0.25) is 5.91 Å². The maximum absolute atomic E-state index is 11.9. The third kappa shape index (κ3) is 3.29. The Morgan fingerprint density at radius 1 is 1.42 bits per heavy atom. The van der Waals surface area contributed by atoms with Crippen LogP contribution in [0.1, 0.15) is 12.5 Å². The quantitative estimate of drug-likeness (QED) is 0.628. The Morgan fingerprint density at radius 2 is 2.11 bits per heavy atom. The minimum absolute atomic E-state index is 0.0121. The molecule has 1 heterocycles. The van der Waals surface area contributed by atoms with E-state index in [0.717, 1.165) is 12.1 Å². The Morgan fingerprint density at radius 3 is 2.63 bits per heavy atom. The molecule has 6 nitrogen and oxygen atoms in total. The van der Waals surface area contributed by atoms with E-state index in [2.05, 4.69) is 17.6 Å². The maximum Gasteiger partial charge on any atom is 0.269 e. The van der Waals surface area contributed by atoms with Gasteiger partial charge in [-0.25, -0.2) is 0 Å². The molecule has 0 aliphatic carbocycles. The van der Waals surface area contributed by atoms with Gasteiger partial charge in [0.1, 0.15) is 0 Å². The molecule has 2 N–H and O–H groups in total. The summed E-state index contributed by atoms with van der Waals surface area (Å²) < 4.78 is 0. The standard InChI is InChI=1S/C13H17N3O3/c1-9-6-14-8-12(9)13(17)15-7-10-2-4-11(5-3-10)16(18)19/h2-5,9,12,14H,6-8H2,1H3,(H,15,17). The highest BCUT2D eigenvalue weighted by Crippen LogP contribution is 2.16. The van der Waals surface area contributed by atoms with Gasteiger partial charge in [-0.15, -0.1) is 0 Å². The van der Waals surface area contributed by atoms with Crippen molar-refractivity contribution in [2.75, 3.05) is 13.1 Å². The number of nitro benzene ring substituents is 1. The van der Waals surface area contributed by atoms with Gasteiger partial charge in [0, 0.05) is 25.2 Å². The molecule has 1 fully saturated rings. The predicted octanol–water partition coefficient (Wildman–Crippen LogP) is 1.07. The zero-order chi connectivity index (χ0) is 13.8. The Labute approximate surface area is 111 Å². The fraction of sp³-hybridized carbons (Fsp3) is 0.462. The van der Waals surface area contributed by atoms with Gasteiger partial charge < -0.3 is 10.6 Å². The van der Waals surface area contributed by atoms with E-state index < -0.39 is 4.92 Å². The first-order valence-corrected chi connectivity index (χ1v) is 6.29. The molecule has 0 saturated carbocycles. The van der Waals surface area contributed by atoms with Crippen molar-refractivity contribution in [3.05, 3.63) is 39.9 Å². The first-order valence-electron chi connectivity index (χ1n) is 6.29. The molecular formula is C13H17N3O3. The summed E-state index contributed by atoms with van der Waals surface area (Å²) in [5.41, 5.74) is 0.918. The van der Waals surface area contributed by atoms with Crippen LogP contribution in [0.2, 0.25) is 0 Å². The minimum Gasteiger partial charge on any atom is -0.352 e. The van der Waals surface area contributed by atoms with E-state index in [9.17, 15) is 14.9 Å². The van der Waals surface area contributed by atoms with Crippen molar-refractivity contribution in [2.45, 2.75) is 13.5 Å². The van der Waals surface area contributed by atoms with E-state index >= 15 is 0 Å². The third-order valence-corrected chi connectivity index (χ3v) is 3.47. The summed E-state index contributed by atoms with van der Waals surface area (Å²) in [5, 5.41) is 16.6. The topological polar surface area (TPSA) is 84.3 Å². The molecule has 2 rings (SSSR count). The molecule has 0 bridgehead atoms. The van der Waals surface area contributed by atoms with E-state index in [1.807, 2.05) is 0 Å². The van der Waals surface area contributed by atoms with Gasteiger partial charge in [-0.05, 0) is 18.0 Å². The Kier molecular flexibility index (Phi) is 4.11. The minimum atomic E-state index is -0.436. The SMILES string of the molecule is CC1CNCC1C(=O)NCc1ccc([N+](=O)[O-])cc1. The molecule has 1 aromatic rings. The number of rotatable bonds is 4. The zero-order valence-electron chi connectivity index (χ0n) is 10.8. The van der Waals surface area contributed by atoms with E-state index in [1.54, 1.807) is 12.1 Å². The van der Waals surface area contributed by atoms with Crippen LogP contribution in [0, 0.1) is 22.0 Å². The molecular weight excluding hydrogens is 246 g/mol. The number of carbonyl (C=O) groups excluding carboxylic acids is 1. The molecule has 0 radical (unpaired) electrons. The van der Waals surface area contributed by atoms with Gasteiger partial charge in [-0.1, -0.05) is 19.1 Å². The molecule has 1 aliphatic rings. The Bertz CT molecular complexity index is 473. The smallest absolute Gasteiger partial charge is 0.269 e. The highest BCUT2D eigenvalue weighted by molar-refractivity contribution is 5.79. The summed E-state index contributed by atoms with van der Waals surface area (Å²) in [6.07, 6.45) is 0. The molecule has 19 heavy (non-hydrogen) atoms. The predicted molar refractivity (Wildman–Crippen MR) is 70.5 cm³/mol. The molecule has 0 aromatic heterocycles. The number of hydrogen-bond acceptors (Lipinski definition) is 4. The monoisotopic (exact) mass is 263 g/mol. The van der Waals surface area contributed by atoms with Crippen LogP contribution in [0.15, 0.2) is 24.3 Å². The van der Waals surface area contributed by atoms with E-state index in [0.29, 0.717) is 19.0 Å².